The average Bonchev–Trinajstić information content (AvgIpc) is 2.43. The van der Waals surface area contributed by atoms with Crippen molar-refractivity contribution < 1.29 is 0 Å². The normalized spacial score (nSPS) is 21.3. The summed E-state index contributed by atoms with van der Waals surface area (Å²) in [5.41, 5.74) is 0.794. The molecule has 0 amide bonds. The van der Waals surface area contributed by atoms with Gasteiger partial charge >= 0.3 is 0 Å². The molecule has 0 bridgehead atoms. The van der Waals surface area contributed by atoms with E-state index in [9.17, 15) is 0 Å². The van der Waals surface area contributed by atoms with Gasteiger partial charge in [-0.1, -0.05) is 27.7 Å². The van der Waals surface area contributed by atoms with Gasteiger partial charge in [-0.25, -0.2) is 0 Å². The number of hydrogen-bond acceptors (Lipinski definition) is 0. The minimum Gasteiger partial charge on any atom is -0.0628 e. The minimum atomic E-state index is 0.794. The van der Waals surface area contributed by atoms with E-state index in [1.807, 2.05) is 0 Å². The molecule has 0 aromatic carbocycles. The first-order chi connectivity index (χ1) is 5.04. The molecule has 1 fully saturated rings. The van der Waals surface area contributed by atoms with E-state index in [-0.39, 0.29) is 0 Å². The van der Waals surface area contributed by atoms with Crippen molar-refractivity contribution in [2.45, 2.75) is 53.4 Å². The fraction of sp³-hybridized carbons (Fsp3) is 1.00. The van der Waals surface area contributed by atoms with Gasteiger partial charge in [0, 0.05) is 0 Å². The van der Waals surface area contributed by atoms with Crippen molar-refractivity contribution in [3.05, 3.63) is 0 Å². The van der Waals surface area contributed by atoms with E-state index in [1.165, 1.54) is 25.7 Å². The molecule has 0 atom stereocenters. The SMILES string of the molecule is CC(C)CC1(CC(C)C)CC1. The maximum absolute atomic E-state index is 2.35. The smallest absolute Gasteiger partial charge is 0.0292 e. The molecule has 0 aromatic heterocycles. The first kappa shape index (κ1) is 9.09. The summed E-state index contributed by atoms with van der Waals surface area (Å²) in [6.07, 6.45) is 5.93. The molecule has 0 aromatic rings. The van der Waals surface area contributed by atoms with Gasteiger partial charge in [0.2, 0.25) is 0 Å². The molecule has 0 saturated heterocycles. The molecular formula is C11H22. The molecule has 1 aliphatic rings. The summed E-state index contributed by atoms with van der Waals surface area (Å²) in [5, 5.41) is 0. The Bertz CT molecular complexity index is 106. The quantitative estimate of drug-likeness (QED) is 0.577. The Morgan fingerprint density at radius 2 is 1.27 bits per heavy atom. The van der Waals surface area contributed by atoms with Gasteiger partial charge in [-0.3, -0.25) is 0 Å². The zero-order valence-electron chi connectivity index (χ0n) is 8.48. The third kappa shape index (κ3) is 2.84. The predicted molar refractivity (Wildman–Crippen MR) is 50.6 cm³/mol. The molecular weight excluding hydrogens is 132 g/mol. The van der Waals surface area contributed by atoms with Gasteiger partial charge in [-0.15, -0.1) is 0 Å². The number of rotatable bonds is 4. The van der Waals surface area contributed by atoms with Crippen molar-refractivity contribution in [1.29, 1.82) is 0 Å². The van der Waals surface area contributed by atoms with E-state index in [1.54, 1.807) is 0 Å². The van der Waals surface area contributed by atoms with Crippen LogP contribution in [0.3, 0.4) is 0 Å². The van der Waals surface area contributed by atoms with E-state index in [4.69, 9.17) is 0 Å². The van der Waals surface area contributed by atoms with Gasteiger partial charge in [-0.2, -0.15) is 0 Å². The maximum Gasteiger partial charge on any atom is -0.0292 e. The molecule has 0 heteroatoms. The van der Waals surface area contributed by atoms with E-state index < -0.39 is 0 Å². The van der Waals surface area contributed by atoms with Crippen molar-refractivity contribution in [2.75, 3.05) is 0 Å². The highest BCUT2D eigenvalue weighted by atomic mass is 14.5. The van der Waals surface area contributed by atoms with Crippen molar-refractivity contribution in [3.63, 3.8) is 0 Å². The second kappa shape index (κ2) is 3.16. The van der Waals surface area contributed by atoms with Crippen LogP contribution in [0.1, 0.15) is 53.4 Å². The van der Waals surface area contributed by atoms with Crippen LogP contribution in [0.2, 0.25) is 0 Å². The summed E-state index contributed by atoms with van der Waals surface area (Å²) >= 11 is 0. The minimum absolute atomic E-state index is 0.794. The van der Waals surface area contributed by atoms with Gasteiger partial charge in [0.25, 0.3) is 0 Å². The molecule has 0 unspecified atom stereocenters. The summed E-state index contributed by atoms with van der Waals surface area (Å²) < 4.78 is 0. The zero-order valence-corrected chi connectivity index (χ0v) is 8.48. The zero-order chi connectivity index (χ0) is 8.48. The molecule has 0 N–H and O–H groups in total. The van der Waals surface area contributed by atoms with Crippen molar-refractivity contribution in [1.82, 2.24) is 0 Å². The third-order valence-electron chi connectivity index (χ3n) is 2.64. The molecule has 0 aliphatic heterocycles. The molecule has 11 heavy (non-hydrogen) atoms. The molecule has 1 rings (SSSR count). The van der Waals surface area contributed by atoms with Crippen LogP contribution in [-0.4, -0.2) is 0 Å². The van der Waals surface area contributed by atoms with Crippen LogP contribution in [0.15, 0.2) is 0 Å². The standard InChI is InChI=1S/C11H22/c1-9(2)7-11(5-6-11)8-10(3)4/h9-10H,5-8H2,1-4H3. The molecule has 0 radical (unpaired) electrons. The Labute approximate surface area is 71.4 Å². The van der Waals surface area contributed by atoms with Crippen LogP contribution in [0.25, 0.3) is 0 Å². The van der Waals surface area contributed by atoms with Gasteiger partial charge in [-0.05, 0) is 42.9 Å². The van der Waals surface area contributed by atoms with E-state index in [2.05, 4.69) is 27.7 Å². The van der Waals surface area contributed by atoms with Crippen LogP contribution in [-0.2, 0) is 0 Å². The highest BCUT2D eigenvalue weighted by molar-refractivity contribution is 4.93. The lowest BCUT2D eigenvalue weighted by Crippen LogP contribution is -2.08. The summed E-state index contributed by atoms with van der Waals surface area (Å²) in [7, 11) is 0. The Morgan fingerprint density at radius 1 is 0.909 bits per heavy atom. The highest BCUT2D eigenvalue weighted by Crippen LogP contribution is 2.54. The summed E-state index contributed by atoms with van der Waals surface area (Å²) in [4.78, 5) is 0. The Kier molecular flexibility index (Phi) is 2.61. The lowest BCUT2D eigenvalue weighted by molar-refractivity contribution is 0.322. The maximum atomic E-state index is 2.35. The Morgan fingerprint density at radius 3 is 1.45 bits per heavy atom. The number of hydrogen-bond donors (Lipinski definition) is 0. The van der Waals surface area contributed by atoms with Gasteiger partial charge < -0.3 is 0 Å². The monoisotopic (exact) mass is 154 g/mol. The van der Waals surface area contributed by atoms with E-state index in [0.717, 1.165) is 17.3 Å². The Balaban J connectivity index is 2.29. The topological polar surface area (TPSA) is 0 Å². The van der Waals surface area contributed by atoms with Crippen LogP contribution in [0.4, 0.5) is 0 Å². The highest BCUT2D eigenvalue weighted by Gasteiger charge is 2.42. The van der Waals surface area contributed by atoms with Gasteiger partial charge in [0.1, 0.15) is 0 Å². The Hall–Kier alpha value is 0. The first-order valence-corrected chi connectivity index (χ1v) is 5.04. The summed E-state index contributed by atoms with van der Waals surface area (Å²) in [6.45, 7) is 9.39. The lowest BCUT2D eigenvalue weighted by atomic mass is 9.87. The molecule has 1 aliphatic carbocycles. The molecule has 0 spiro atoms. The first-order valence-electron chi connectivity index (χ1n) is 5.04. The van der Waals surface area contributed by atoms with E-state index >= 15 is 0 Å². The van der Waals surface area contributed by atoms with Crippen LogP contribution in [0.5, 0.6) is 0 Å². The van der Waals surface area contributed by atoms with Crippen molar-refractivity contribution in [3.8, 4) is 0 Å². The van der Waals surface area contributed by atoms with E-state index in [0.29, 0.717) is 0 Å². The fourth-order valence-electron chi connectivity index (χ4n) is 2.40. The van der Waals surface area contributed by atoms with Crippen LogP contribution in [0, 0.1) is 17.3 Å². The fourth-order valence-corrected chi connectivity index (χ4v) is 2.40. The summed E-state index contributed by atoms with van der Waals surface area (Å²) in [6, 6.07) is 0. The largest absolute Gasteiger partial charge is 0.0628 e. The predicted octanol–water partition coefficient (Wildman–Crippen LogP) is 3.86. The second-order valence-corrected chi connectivity index (χ2v) is 5.20. The van der Waals surface area contributed by atoms with Gasteiger partial charge in [0.05, 0.1) is 0 Å². The van der Waals surface area contributed by atoms with Crippen LogP contribution >= 0.6 is 0 Å². The second-order valence-electron chi connectivity index (χ2n) is 5.20. The molecule has 0 nitrogen and oxygen atoms in total. The molecule has 0 heterocycles. The lowest BCUT2D eigenvalue weighted by Gasteiger charge is -2.19. The van der Waals surface area contributed by atoms with Crippen molar-refractivity contribution in [2.24, 2.45) is 17.3 Å². The third-order valence-corrected chi connectivity index (χ3v) is 2.64. The molecule has 66 valence electrons. The van der Waals surface area contributed by atoms with Gasteiger partial charge in [0.15, 0.2) is 0 Å². The average molecular weight is 154 g/mol. The van der Waals surface area contributed by atoms with Crippen molar-refractivity contribution >= 4 is 0 Å². The molecule has 1 saturated carbocycles. The van der Waals surface area contributed by atoms with Crippen LogP contribution < -0.4 is 0 Å². The summed E-state index contributed by atoms with van der Waals surface area (Å²) in [5.74, 6) is 1.80.